The summed E-state index contributed by atoms with van der Waals surface area (Å²) < 4.78 is 26.6. The second-order valence-corrected chi connectivity index (χ2v) is 9.65. The van der Waals surface area contributed by atoms with Crippen molar-refractivity contribution in [1.29, 1.82) is 0 Å². The maximum atomic E-state index is 12.0. The van der Waals surface area contributed by atoms with Gasteiger partial charge in [-0.2, -0.15) is 0 Å². The summed E-state index contributed by atoms with van der Waals surface area (Å²) in [6.07, 6.45) is 3.34. The quantitative estimate of drug-likeness (QED) is 0.788. The molecule has 0 bridgehead atoms. The average Bonchev–Trinajstić information content (AvgIpc) is 2.35. The molecule has 0 aliphatic heterocycles. The van der Waals surface area contributed by atoms with Crippen LogP contribution >= 0.6 is 0 Å². The summed E-state index contributed by atoms with van der Waals surface area (Å²) in [4.78, 5) is 11.6. The third-order valence-electron chi connectivity index (χ3n) is 4.44. The molecule has 1 saturated carbocycles. The number of carboxylic acid groups (broad SMARTS) is 1. The third-order valence-corrected chi connectivity index (χ3v) is 5.76. The van der Waals surface area contributed by atoms with Crippen LogP contribution in [0.3, 0.4) is 0 Å². The molecular weight excluding hydrogens is 290 g/mol. The van der Waals surface area contributed by atoms with Crippen molar-refractivity contribution in [2.24, 2.45) is 16.7 Å². The molecule has 0 aromatic carbocycles. The lowest BCUT2D eigenvalue weighted by atomic mass is 9.71. The molecule has 1 rings (SSSR count). The van der Waals surface area contributed by atoms with Crippen LogP contribution in [0, 0.1) is 16.7 Å². The van der Waals surface area contributed by atoms with E-state index in [1.807, 2.05) is 20.8 Å². The molecule has 2 N–H and O–H groups in total. The van der Waals surface area contributed by atoms with Crippen LogP contribution in [0.25, 0.3) is 0 Å². The van der Waals surface area contributed by atoms with E-state index in [9.17, 15) is 18.3 Å². The van der Waals surface area contributed by atoms with Crippen LogP contribution in [0.2, 0.25) is 0 Å². The van der Waals surface area contributed by atoms with Gasteiger partial charge in [-0.05, 0) is 43.4 Å². The Labute approximate surface area is 128 Å². The largest absolute Gasteiger partial charge is 0.481 e. The van der Waals surface area contributed by atoms with Gasteiger partial charge in [0, 0.05) is 6.54 Å². The Hall–Kier alpha value is -0.620. The molecule has 0 radical (unpaired) electrons. The predicted molar refractivity (Wildman–Crippen MR) is 83.6 cm³/mol. The summed E-state index contributed by atoms with van der Waals surface area (Å²) in [5, 5.41) is 9.50. The zero-order valence-corrected chi connectivity index (χ0v) is 14.4. The molecule has 0 aromatic heterocycles. The first kappa shape index (κ1) is 18.4. The first-order chi connectivity index (χ1) is 9.46. The fourth-order valence-corrected chi connectivity index (χ4v) is 4.06. The van der Waals surface area contributed by atoms with E-state index in [0.29, 0.717) is 25.2 Å². The number of sulfonamides is 1. The number of nitrogens with one attached hydrogen (secondary N) is 1. The van der Waals surface area contributed by atoms with Crippen LogP contribution in [0.15, 0.2) is 0 Å². The van der Waals surface area contributed by atoms with E-state index in [0.717, 1.165) is 12.8 Å². The predicted octanol–water partition coefficient (Wildman–Crippen LogP) is 2.62. The number of aliphatic carboxylic acids is 1. The van der Waals surface area contributed by atoms with E-state index in [2.05, 4.69) is 11.6 Å². The van der Waals surface area contributed by atoms with Crippen molar-refractivity contribution >= 4 is 16.0 Å². The second-order valence-electron chi connectivity index (χ2n) is 7.72. The molecule has 0 spiro atoms. The highest BCUT2D eigenvalue weighted by Gasteiger charge is 2.41. The van der Waals surface area contributed by atoms with Crippen molar-refractivity contribution in [1.82, 2.24) is 4.72 Å². The maximum Gasteiger partial charge on any atom is 0.310 e. The minimum Gasteiger partial charge on any atom is -0.481 e. The Balaban J connectivity index is 2.63. The van der Waals surface area contributed by atoms with Gasteiger partial charge in [-0.25, -0.2) is 13.1 Å². The highest BCUT2D eigenvalue weighted by atomic mass is 32.2. The van der Waals surface area contributed by atoms with Crippen molar-refractivity contribution in [3.63, 3.8) is 0 Å². The second kappa shape index (κ2) is 6.65. The van der Waals surface area contributed by atoms with Crippen LogP contribution < -0.4 is 4.72 Å². The zero-order chi connectivity index (χ0) is 16.3. The van der Waals surface area contributed by atoms with Gasteiger partial charge in [0.05, 0.1) is 11.2 Å². The van der Waals surface area contributed by atoms with E-state index in [-0.39, 0.29) is 17.7 Å². The molecule has 0 heterocycles. The summed E-state index contributed by atoms with van der Waals surface area (Å²) >= 11 is 0. The topological polar surface area (TPSA) is 83.5 Å². The number of rotatable bonds is 6. The minimum atomic E-state index is -3.41. The van der Waals surface area contributed by atoms with Crippen molar-refractivity contribution in [2.75, 3.05) is 12.3 Å². The minimum absolute atomic E-state index is 0.0154. The van der Waals surface area contributed by atoms with Gasteiger partial charge in [0.15, 0.2) is 0 Å². The number of carboxylic acids is 1. The summed E-state index contributed by atoms with van der Waals surface area (Å²) in [6.45, 7) is 8.10. The molecule has 124 valence electrons. The van der Waals surface area contributed by atoms with Gasteiger partial charge in [0.1, 0.15) is 0 Å². The van der Waals surface area contributed by atoms with Gasteiger partial charge in [-0.15, -0.1) is 0 Å². The average molecular weight is 319 g/mol. The Morgan fingerprint density at radius 2 is 1.81 bits per heavy atom. The molecule has 0 unspecified atom stereocenters. The van der Waals surface area contributed by atoms with Gasteiger partial charge in [-0.1, -0.05) is 27.7 Å². The molecule has 1 fully saturated rings. The Morgan fingerprint density at radius 3 is 2.24 bits per heavy atom. The standard InChI is InChI=1S/C15H29NO4S/c1-12-5-7-15(8-6-12,13(17)18)11-16-21(19,20)10-9-14(2,3)4/h12,16H,5-11H2,1-4H3,(H,17,18). The summed E-state index contributed by atoms with van der Waals surface area (Å²) in [5.74, 6) is -0.314. The summed E-state index contributed by atoms with van der Waals surface area (Å²) in [7, 11) is -3.41. The number of carbonyl (C=O) groups is 1. The molecule has 0 saturated heterocycles. The van der Waals surface area contributed by atoms with Crippen LogP contribution in [0.4, 0.5) is 0 Å². The van der Waals surface area contributed by atoms with E-state index >= 15 is 0 Å². The molecule has 6 heteroatoms. The summed E-state index contributed by atoms with van der Waals surface area (Å²) in [5.41, 5.74) is -0.985. The first-order valence-corrected chi connectivity index (χ1v) is 9.32. The highest BCUT2D eigenvalue weighted by molar-refractivity contribution is 7.89. The molecule has 0 aromatic rings. The van der Waals surface area contributed by atoms with Crippen LogP contribution in [0.1, 0.15) is 59.8 Å². The van der Waals surface area contributed by atoms with Gasteiger partial charge < -0.3 is 5.11 Å². The van der Waals surface area contributed by atoms with Gasteiger partial charge in [-0.3, -0.25) is 4.79 Å². The molecule has 21 heavy (non-hydrogen) atoms. The Kier molecular flexibility index (Phi) is 5.83. The molecule has 0 amide bonds. The Morgan fingerprint density at radius 1 is 1.29 bits per heavy atom. The van der Waals surface area contributed by atoms with Crippen LogP contribution in [-0.2, 0) is 14.8 Å². The third kappa shape index (κ3) is 5.94. The fraction of sp³-hybridized carbons (Fsp3) is 0.933. The van der Waals surface area contributed by atoms with E-state index < -0.39 is 21.4 Å². The maximum absolute atomic E-state index is 12.0. The molecule has 0 atom stereocenters. The number of hydrogen-bond donors (Lipinski definition) is 2. The molecule has 1 aliphatic rings. The van der Waals surface area contributed by atoms with E-state index in [4.69, 9.17) is 0 Å². The van der Waals surface area contributed by atoms with Crippen LogP contribution in [-0.4, -0.2) is 31.8 Å². The van der Waals surface area contributed by atoms with Crippen LogP contribution in [0.5, 0.6) is 0 Å². The van der Waals surface area contributed by atoms with Crippen molar-refractivity contribution in [2.45, 2.75) is 59.8 Å². The molecule has 5 nitrogen and oxygen atoms in total. The van der Waals surface area contributed by atoms with Crippen molar-refractivity contribution < 1.29 is 18.3 Å². The number of hydrogen-bond acceptors (Lipinski definition) is 3. The highest BCUT2D eigenvalue weighted by Crippen LogP contribution is 2.38. The van der Waals surface area contributed by atoms with E-state index in [1.165, 1.54) is 0 Å². The first-order valence-electron chi connectivity index (χ1n) is 7.67. The van der Waals surface area contributed by atoms with E-state index in [1.54, 1.807) is 0 Å². The molecule has 1 aliphatic carbocycles. The zero-order valence-electron chi connectivity index (χ0n) is 13.6. The fourth-order valence-electron chi connectivity index (χ4n) is 2.54. The monoisotopic (exact) mass is 319 g/mol. The van der Waals surface area contributed by atoms with Gasteiger partial charge >= 0.3 is 5.97 Å². The lowest BCUT2D eigenvalue weighted by molar-refractivity contribution is -0.151. The molecular formula is C15H29NO4S. The lowest BCUT2D eigenvalue weighted by Crippen LogP contribution is -2.45. The van der Waals surface area contributed by atoms with Gasteiger partial charge in [0.2, 0.25) is 10.0 Å². The normalized spacial score (nSPS) is 27.5. The Bertz CT molecular complexity index is 457. The van der Waals surface area contributed by atoms with Gasteiger partial charge in [0.25, 0.3) is 0 Å². The lowest BCUT2D eigenvalue weighted by Gasteiger charge is -2.35. The smallest absolute Gasteiger partial charge is 0.310 e. The summed E-state index contributed by atoms with van der Waals surface area (Å²) in [6, 6.07) is 0. The van der Waals surface area contributed by atoms with Crippen molar-refractivity contribution in [3.05, 3.63) is 0 Å². The van der Waals surface area contributed by atoms with Crippen molar-refractivity contribution in [3.8, 4) is 0 Å². The SMILES string of the molecule is CC1CCC(CNS(=O)(=O)CCC(C)(C)C)(C(=O)O)CC1.